The Kier molecular flexibility index (Phi) is 5.84. The third-order valence-corrected chi connectivity index (χ3v) is 5.86. The average molecular weight is 365 g/mol. The summed E-state index contributed by atoms with van der Waals surface area (Å²) in [5.41, 5.74) is 2.06. The minimum Gasteiger partial charge on any atom is -0.333 e. The number of nitrogens with zero attached hydrogens (tertiary/aromatic N) is 2. The fourth-order valence-corrected chi connectivity index (χ4v) is 3.90. The second-order valence-electron chi connectivity index (χ2n) is 5.87. The Bertz CT molecular complexity index is 789. The second-order valence-corrected chi connectivity index (χ2v) is 8.05. The molecule has 1 N–H and O–H groups in total. The molecule has 2 rings (SSSR count). The number of carbonyl (C=O) groups is 2. The van der Waals surface area contributed by atoms with Crippen molar-refractivity contribution in [3.05, 3.63) is 36.4 Å². The Balaban J connectivity index is 2.19. The summed E-state index contributed by atoms with van der Waals surface area (Å²) in [5, 5.41) is 2.70. The summed E-state index contributed by atoms with van der Waals surface area (Å²) in [6.45, 7) is 5.32. The zero-order valence-electron chi connectivity index (χ0n) is 14.5. The Morgan fingerprint density at radius 3 is 2.76 bits per heavy atom. The maximum atomic E-state index is 12.3. The molecule has 0 aromatic heterocycles. The van der Waals surface area contributed by atoms with Crippen LogP contribution in [0, 0.1) is 0 Å². The van der Waals surface area contributed by atoms with Crippen molar-refractivity contribution in [3.8, 4) is 0 Å². The van der Waals surface area contributed by atoms with Crippen LogP contribution < -0.4 is 9.62 Å². The lowest BCUT2D eigenvalue weighted by molar-refractivity contribution is -0.129. The first kappa shape index (κ1) is 19.0. The Hall–Kier alpha value is -2.35. The number of anilines is 2. The van der Waals surface area contributed by atoms with Crippen molar-refractivity contribution in [2.75, 3.05) is 35.5 Å². The molecule has 0 atom stereocenters. The molecule has 2 amide bonds. The van der Waals surface area contributed by atoms with E-state index in [1.165, 1.54) is 16.3 Å². The van der Waals surface area contributed by atoms with Gasteiger partial charge >= 0.3 is 0 Å². The normalized spacial score (nSPS) is 13.8. The zero-order valence-corrected chi connectivity index (χ0v) is 15.3. The van der Waals surface area contributed by atoms with E-state index in [2.05, 4.69) is 11.9 Å². The third-order valence-electron chi connectivity index (χ3n) is 4.08. The highest BCUT2D eigenvalue weighted by Gasteiger charge is 2.26. The first-order chi connectivity index (χ1) is 11.8. The molecule has 25 heavy (non-hydrogen) atoms. The Labute approximate surface area is 148 Å². The molecule has 1 aliphatic heterocycles. The first-order valence-electron chi connectivity index (χ1n) is 8.09. The van der Waals surface area contributed by atoms with Crippen molar-refractivity contribution in [1.82, 2.24) is 4.90 Å². The highest BCUT2D eigenvalue weighted by Crippen LogP contribution is 2.32. The molecular weight excluding hydrogens is 342 g/mol. The van der Waals surface area contributed by atoms with E-state index in [-0.39, 0.29) is 24.1 Å². The molecule has 1 aromatic rings. The van der Waals surface area contributed by atoms with Crippen LogP contribution in [0.2, 0.25) is 0 Å². The van der Waals surface area contributed by atoms with Crippen molar-refractivity contribution in [1.29, 1.82) is 0 Å². The lowest BCUT2D eigenvalue weighted by Gasteiger charge is -2.30. The van der Waals surface area contributed by atoms with Gasteiger partial charge in [0.25, 0.3) is 0 Å². The van der Waals surface area contributed by atoms with E-state index in [0.29, 0.717) is 17.9 Å². The van der Waals surface area contributed by atoms with E-state index in [4.69, 9.17) is 0 Å². The fraction of sp³-hybridized carbons (Fsp3) is 0.412. The van der Waals surface area contributed by atoms with Gasteiger partial charge in [0.05, 0.1) is 18.0 Å². The molecule has 136 valence electrons. The van der Waals surface area contributed by atoms with Crippen LogP contribution in [0.4, 0.5) is 11.4 Å². The monoisotopic (exact) mass is 365 g/mol. The van der Waals surface area contributed by atoms with E-state index in [9.17, 15) is 18.0 Å². The molecule has 0 saturated carbocycles. The van der Waals surface area contributed by atoms with E-state index < -0.39 is 10.0 Å². The van der Waals surface area contributed by atoms with Gasteiger partial charge in [0.1, 0.15) is 0 Å². The minimum atomic E-state index is -3.36. The van der Waals surface area contributed by atoms with E-state index >= 15 is 0 Å². The van der Waals surface area contributed by atoms with Crippen molar-refractivity contribution < 1.29 is 18.0 Å². The summed E-state index contributed by atoms with van der Waals surface area (Å²) in [6, 6.07) is 5.25. The van der Waals surface area contributed by atoms with E-state index in [1.807, 2.05) is 6.07 Å². The number of rotatable bonds is 6. The summed E-state index contributed by atoms with van der Waals surface area (Å²) in [5.74, 6) is -0.684. The highest BCUT2D eigenvalue weighted by atomic mass is 32.2. The topological polar surface area (TPSA) is 86.8 Å². The van der Waals surface area contributed by atoms with Gasteiger partial charge in [-0.2, -0.15) is 0 Å². The lowest BCUT2D eigenvalue weighted by Crippen LogP contribution is -2.36. The van der Waals surface area contributed by atoms with E-state index in [1.54, 1.807) is 19.1 Å². The van der Waals surface area contributed by atoms with Crippen LogP contribution in [-0.4, -0.2) is 51.0 Å². The number of likely N-dealkylation sites (N-methyl/N-ethyl adjacent to an activating group) is 1. The maximum absolute atomic E-state index is 12.3. The number of hydrogen-bond acceptors (Lipinski definition) is 4. The number of amides is 2. The van der Waals surface area contributed by atoms with Crippen molar-refractivity contribution in [2.45, 2.75) is 19.8 Å². The molecule has 0 fully saturated rings. The summed E-state index contributed by atoms with van der Waals surface area (Å²) in [7, 11) is -1.85. The number of benzene rings is 1. The van der Waals surface area contributed by atoms with Gasteiger partial charge in [-0.1, -0.05) is 12.6 Å². The van der Waals surface area contributed by atoms with Gasteiger partial charge in [-0.05, 0) is 43.5 Å². The molecule has 1 aromatic carbocycles. The number of aryl methyl sites for hydroxylation is 1. The van der Waals surface area contributed by atoms with Gasteiger partial charge < -0.3 is 10.2 Å². The van der Waals surface area contributed by atoms with Gasteiger partial charge in [0, 0.05) is 19.3 Å². The molecule has 0 unspecified atom stereocenters. The van der Waals surface area contributed by atoms with Crippen LogP contribution in [0.3, 0.4) is 0 Å². The van der Waals surface area contributed by atoms with Crippen LogP contribution in [0.15, 0.2) is 30.9 Å². The van der Waals surface area contributed by atoms with E-state index in [0.717, 1.165) is 24.5 Å². The van der Waals surface area contributed by atoms with Gasteiger partial charge in [0.15, 0.2) is 0 Å². The van der Waals surface area contributed by atoms with Gasteiger partial charge in [-0.25, -0.2) is 8.42 Å². The summed E-state index contributed by atoms with van der Waals surface area (Å²) < 4.78 is 26.0. The van der Waals surface area contributed by atoms with Gasteiger partial charge in [-0.15, -0.1) is 0 Å². The highest BCUT2D eigenvalue weighted by molar-refractivity contribution is 7.92. The summed E-state index contributed by atoms with van der Waals surface area (Å²) in [6.07, 6.45) is 2.71. The average Bonchev–Trinajstić information content (AvgIpc) is 2.60. The quantitative estimate of drug-likeness (QED) is 0.772. The third kappa shape index (κ3) is 4.39. The minimum absolute atomic E-state index is 0.0253. The molecule has 0 bridgehead atoms. The van der Waals surface area contributed by atoms with Gasteiger partial charge in [-0.3, -0.25) is 13.9 Å². The van der Waals surface area contributed by atoms with Crippen molar-refractivity contribution in [3.63, 3.8) is 0 Å². The zero-order chi connectivity index (χ0) is 18.6. The molecule has 1 aliphatic rings. The Morgan fingerprint density at radius 2 is 2.12 bits per heavy atom. The molecular formula is C17H23N3O4S. The molecule has 0 spiro atoms. The Morgan fingerprint density at radius 1 is 1.40 bits per heavy atom. The summed E-state index contributed by atoms with van der Waals surface area (Å²) in [4.78, 5) is 24.8. The molecule has 0 aliphatic carbocycles. The molecule has 0 saturated heterocycles. The van der Waals surface area contributed by atoms with Crippen LogP contribution in [0.1, 0.15) is 18.9 Å². The number of carbonyl (C=O) groups excluding carboxylic acids is 2. The predicted molar refractivity (Wildman–Crippen MR) is 98.0 cm³/mol. The second kappa shape index (κ2) is 7.69. The molecule has 7 nitrogen and oxygen atoms in total. The SMILES string of the molecule is C=CC(=O)N(C)CC(=O)Nc1ccc2c(c1)N(S(=O)(=O)CC)CCC2. The largest absolute Gasteiger partial charge is 0.333 e. The van der Waals surface area contributed by atoms with Crippen molar-refractivity contribution >= 4 is 33.2 Å². The maximum Gasteiger partial charge on any atom is 0.246 e. The number of fused-ring (bicyclic) bond motifs is 1. The van der Waals surface area contributed by atoms with Crippen LogP contribution in [-0.2, 0) is 26.0 Å². The number of sulfonamides is 1. The van der Waals surface area contributed by atoms with Crippen LogP contribution in [0.5, 0.6) is 0 Å². The molecule has 1 heterocycles. The first-order valence-corrected chi connectivity index (χ1v) is 9.70. The molecule has 8 heteroatoms. The fourth-order valence-electron chi connectivity index (χ4n) is 2.71. The number of nitrogens with one attached hydrogen (secondary N) is 1. The summed E-state index contributed by atoms with van der Waals surface area (Å²) >= 11 is 0. The van der Waals surface area contributed by atoms with Gasteiger partial charge in [0.2, 0.25) is 21.8 Å². The standard InChI is InChI=1S/C17H23N3O4S/c1-4-17(22)19(3)12-16(21)18-14-9-8-13-7-6-10-20(15(13)11-14)25(23,24)5-2/h4,8-9,11H,1,5-7,10,12H2,2-3H3,(H,18,21). The smallest absolute Gasteiger partial charge is 0.246 e. The van der Waals surface area contributed by atoms with Crippen LogP contribution >= 0.6 is 0 Å². The predicted octanol–water partition coefficient (Wildman–Crippen LogP) is 1.37. The number of hydrogen-bond donors (Lipinski definition) is 1. The lowest BCUT2D eigenvalue weighted by atomic mass is 10.0. The molecule has 0 radical (unpaired) electrons. The van der Waals surface area contributed by atoms with Crippen molar-refractivity contribution in [2.24, 2.45) is 0 Å². The van der Waals surface area contributed by atoms with Crippen LogP contribution in [0.25, 0.3) is 0 Å².